The first kappa shape index (κ1) is 20.6. The van der Waals surface area contributed by atoms with Crippen molar-refractivity contribution in [2.24, 2.45) is 0 Å². The molecule has 2 aromatic carbocycles. The molecular weight excluding hydrogens is 431 g/mol. The summed E-state index contributed by atoms with van der Waals surface area (Å²) in [5.74, 6) is 0.123. The predicted molar refractivity (Wildman–Crippen MR) is 112 cm³/mol. The molecular formula is C21H18Cl2N2O5. The Morgan fingerprint density at radius 1 is 1.17 bits per heavy atom. The van der Waals surface area contributed by atoms with Crippen molar-refractivity contribution in [2.45, 2.75) is 31.8 Å². The molecule has 156 valence electrons. The van der Waals surface area contributed by atoms with Crippen LogP contribution in [0.4, 0.5) is 5.69 Å². The Morgan fingerprint density at radius 2 is 1.87 bits per heavy atom. The number of aryl methyl sites for hydroxylation is 1. The number of likely N-dealkylation sites (tertiary alicyclic amines) is 1. The predicted octanol–water partition coefficient (Wildman–Crippen LogP) is 4.85. The third-order valence-corrected chi connectivity index (χ3v) is 6.46. The Bertz CT molecular complexity index is 1080. The zero-order chi connectivity index (χ0) is 21.6. The molecule has 1 amide bonds. The number of carbonyl (C=O) groups excluding carboxylic acids is 2. The van der Waals surface area contributed by atoms with Gasteiger partial charge in [0.15, 0.2) is 5.78 Å². The highest BCUT2D eigenvalue weighted by Gasteiger charge is 2.44. The fourth-order valence-electron chi connectivity index (χ4n) is 3.97. The average Bonchev–Trinajstić information content (AvgIpc) is 2.70. The van der Waals surface area contributed by atoms with E-state index in [9.17, 15) is 19.7 Å². The van der Waals surface area contributed by atoms with E-state index in [1.807, 2.05) is 6.92 Å². The first-order valence-corrected chi connectivity index (χ1v) is 10.2. The first-order valence-electron chi connectivity index (χ1n) is 9.45. The smallest absolute Gasteiger partial charge is 0.270 e. The minimum Gasteiger partial charge on any atom is -0.486 e. The Hall–Kier alpha value is -2.64. The van der Waals surface area contributed by atoms with Gasteiger partial charge in [-0.15, -0.1) is 0 Å². The number of fused-ring (bicyclic) bond motifs is 1. The van der Waals surface area contributed by atoms with Crippen LogP contribution >= 0.6 is 23.2 Å². The van der Waals surface area contributed by atoms with Crippen molar-refractivity contribution in [1.82, 2.24) is 4.90 Å². The van der Waals surface area contributed by atoms with Crippen molar-refractivity contribution < 1.29 is 19.2 Å². The summed E-state index contributed by atoms with van der Waals surface area (Å²) in [6, 6.07) is 7.23. The van der Waals surface area contributed by atoms with Gasteiger partial charge in [0.1, 0.15) is 11.4 Å². The SMILES string of the molecule is Cc1cc2c(cc1Cl)C(=O)CC1(CCN(C(=O)c3cc([N+](=O)[O-])ccc3Cl)CC1)O2. The van der Waals surface area contributed by atoms with E-state index in [0.717, 1.165) is 5.56 Å². The van der Waals surface area contributed by atoms with Crippen LogP contribution in [-0.2, 0) is 0 Å². The molecule has 2 aliphatic rings. The number of hydrogen-bond donors (Lipinski definition) is 0. The number of Topliss-reactive ketones (excluding diaryl/α,β-unsaturated/α-hetero) is 1. The summed E-state index contributed by atoms with van der Waals surface area (Å²) in [6.45, 7) is 2.56. The maximum atomic E-state index is 12.9. The van der Waals surface area contributed by atoms with Crippen LogP contribution in [0.2, 0.25) is 10.0 Å². The highest BCUT2D eigenvalue weighted by Crippen LogP contribution is 2.41. The van der Waals surface area contributed by atoms with Crippen LogP contribution in [0.1, 0.15) is 45.5 Å². The maximum absolute atomic E-state index is 12.9. The number of nitro benzene ring substituents is 1. The molecule has 2 heterocycles. The molecule has 2 aromatic rings. The molecule has 0 unspecified atom stereocenters. The highest BCUT2D eigenvalue weighted by atomic mass is 35.5. The Kier molecular flexibility index (Phi) is 5.20. The number of halogens is 2. The van der Waals surface area contributed by atoms with Crippen LogP contribution in [-0.4, -0.2) is 40.2 Å². The van der Waals surface area contributed by atoms with Crippen molar-refractivity contribution in [3.63, 3.8) is 0 Å². The molecule has 9 heteroatoms. The summed E-state index contributed by atoms with van der Waals surface area (Å²) < 4.78 is 6.24. The summed E-state index contributed by atoms with van der Waals surface area (Å²) in [6.07, 6.45) is 1.16. The van der Waals surface area contributed by atoms with E-state index in [-0.39, 0.29) is 34.4 Å². The van der Waals surface area contributed by atoms with Crippen molar-refractivity contribution in [3.05, 3.63) is 67.2 Å². The van der Waals surface area contributed by atoms with Gasteiger partial charge in [-0.05, 0) is 30.7 Å². The Balaban J connectivity index is 1.52. The number of amides is 1. The monoisotopic (exact) mass is 448 g/mol. The topological polar surface area (TPSA) is 89.8 Å². The van der Waals surface area contributed by atoms with E-state index < -0.39 is 10.5 Å². The highest BCUT2D eigenvalue weighted by molar-refractivity contribution is 6.34. The maximum Gasteiger partial charge on any atom is 0.270 e. The molecule has 1 saturated heterocycles. The molecule has 0 N–H and O–H groups in total. The number of ether oxygens (including phenoxy) is 1. The number of piperidine rings is 1. The van der Waals surface area contributed by atoms with Gasteiger partial charge in [0.2, 0.25) is 0 Å². The van der Waals surface area contributed by atoms with Gasteiger partial charge in [0, 0.05) is 43.1 Å². The van der Waals surface area contributed by atoms with Crippen LogP contribution in [0.3, 0.4) is 0 Å². The number of nitrogens with zero attached hydrogens (tertiary/aromatic N) is 2. The van der Waals surface area contributed by atoms with Crippen LogP contribution in [0.15, 0.2) is 30.3 Å². The lowest BCUT2D eigenvalue weighted by atomic mass is 9.82. The number of benzene rings is 2. The van der Waals surface area contributed by atoms with Gasteiger partial charge in [-0.1, -0.05) is 23.2 Å². The molecule has 7 nitrogen and oxygen atoms in total. The first-order chi connectivity index (χ1) is 14.2. The molecule has 4 rings (SSSR count). The molecule has 1 fully saturated rings. The van der Waals surface area contributed by atoms with Crippen LogP contribution in [0, 0.1) is 17.0 Å². The summed E-state index contributed by atoms with van der Waals surface area (Å²) in [7, 11) is 0. The molecule has 2 aliphatic heterocycles. The van der Waals surface area contributed by atoms with Gasteiger partial charge in [0.05, 0.1) is 27.5 Å². The molecule has 0 saturated carbocycles. The summed E-state index contributed by atoms with van der Waals surface area (Å²) >= 11 is 12.2. The normalized spacial score (nSPS) is 17.4. The number of ketones is 1. The van der Waals surface area contributed by atoms with E-state index in [1.54, 1.807) is 17.0 Å². The van der Waals surface area contributed by atoms with Gasteiger partial charge in [0.25, 0.3) is 11.6 Å². The molecule has 0 aromatic heterocycles. The van der Waals surface area contributed by atoms with Gasteiger partial charge >= 0.3 is 0 Å². The molecule has 0 aliphatic carbocycles. The van der Waals surface area contributed by atoms with E-state index >= 15 is 0 Å². The summed E-state index contributed by atoms with van der Waals surface area (Å²) in [4.78, 5) is 37.7. The van der Waals surface area contributed by atoms with Crippen LogP contribution < -0.4 is 4.74 Å². The van der Waals surface area contributed by atoms with Crippen LogP contribution in [0.5, 0.6) is 5.75 Å². The lowest BCUT2D eigenvalue weighted by Crippen LogP contribution is -2.52. The third kappa shape index (κ3) is 3.63. The third-order valence-electron chi connectivity index (χ3n) is 5.72. The van der Waals surface area contributed by atoms with Crippen molar-refractivity contribution in [3.8, 4) is 5.75 Å². The summed E-state index contributed by atoms with van der Waals surface area (Å²) in [5, 5.41) is 11.7. The molecule has 0 radical (unpaired) electrons. The second-order valence-electron chi connectivity index (χ2n) is 7.70. The van der Waals surface area contributed by atoms with E-state index in [2.05, 4.69) is 0 Å². The van der Waals surface area contributed by atoms with Gasteiger partial charge < -0.3 is 9.64 Å². The fourth-order valence-corrected chi connectivity index (χ4v) is 4.33. The summed E-state index contributed by atoms with van der Waals surface area (Å²) in [5.41, 5.74) is 0.542. The molecule has 30 heavy (non-hydrogen) atoms. The van der Waals surface area contributed by atoms with Crippen molar-refractivity contribution >= 4 is 40.6 Å². The minimum absolute atomic E-state index is 0.0281. The largest absolute Gasteiger partial charge is 0.486 e. The van der Waals surface area contributed by atoms with Gasteiger partial charge in [-0.2, -0.15) is 0 Å². The molecule has 0 atom stereocenters. The number of hydrogen-bond acceptors (Lipinski definition) is 5. The number of non-ortho nitro benzene ring substituents is 1. The van der Waals surface area contributed by atoms with Crippen molar-refractivity contribution in [1.29, 1.82) is 0 Å². The minimum atomic E-state index is -0.673. The molecule has 0 bridgehead atoms. The zero-order valence-corrected chi connectivity index (χ0v) is 17.6. The fraction of sp³-hybridized carbons (Fsp3) is 0.333. The Morgan fingerprint density at radius 3 is 2.53 bits per heavy atom. The standard InChI is InChI=1S/C21H18Cl2N2O5/c1-12-8-19-15(10-17(12)23)18(26)11-21(30-19)4-6-24(7-5-21)20(27)14-9-13(25(28)29)2-3-16(14)22/h2-3,8-10H,4-7,11H2,1H3. The number of carbonyl (C=O) groups is 2. The molecule has 1 spiro atoms. The second-order valence-corrected chi connectivity index (χ2v) is 8.51. The quantitative estimate of drug-likeness (QED) is 0.483. The van der Waals surface area contributed by atoms with Gasteiger partial charge in [-0.3, -0.25) is 19.7 Å². The number of nitro groups is 1. The lowest BCUT2D eigenvalue weighted by Gasteiger charge is -2.44. The van der Waals surface area contributed by atoms with E-state index in [0.29, 0.717) is 42.3 Å². The Labute approximate surface area is 182 Å². The average molecular weight is 449 g/mol. The zero-order valence-electron chi connectivity index (χ0n) is 16.1. The van der Waals surface area contributed by atoms with Crippen LogP contribution in [0.25, 0.3) is 0 Å². The van der Waals surface area contributed by atoms with Crippen molar-refractivity contribution in [2.75, 3.05) is 13.1 Å². The van der Waals surface area contributed by atoms with E-state index in [1.165, 1.54) is 18.2 Å². The number of rotatable bonds is 2. The lowest BCUT2D eigenvalue weighted by molar-refractivity contribution is -0.384. The second kappa shape index (κ2) is 7.56. The van der Waals surface area contributed by atoms with Gasteiger partial charge in [-0.25, -0.2) is 0 Å². The van der Waals surface area contributed by atoms with E-state index in [4.69, 9.17) is 27.9 Å².